The fourth-order valence-corrected chi connectivity index (χ4v) is 9.63. The van der Waals surface area contributed by atoms with Gasteiger partial charge in [0.2, 0.25) is 0 Å². The second kappa shape index (κ2) is 15.3. The topological polar surface area (TPSA) is 38.9 Å². The first-order valence-electron chi connectivity index (χ1n) is 18.6. The molecule has 0 aliphatic heterocycles. The van der Waals surface area contributed by atoms with Gasteiger partial charge in [-0.3, -0.25) is 0 Å². The van der Waals surface area contributed by atoms with Gasteiger partial charge in [-0.15, -0.1) is 29.1 Å². The molecule has 0 saturated heterocycles. The number of furan rings is 1. The third kappa shape index (κ3) is 7.28. The smallest absolute Gasteiger partial charge is 0 e. The molecule has 54 heavy (non-hydrogen) atoms. The SMILES string of the molecule is CC(C)c1ccnc(-c2[c-]cc3c(ccc4ccccc43)c2)c1.CC(C)c1ccnc(-c2[c-]ccc3c2oc2c4cc[c]([Ge]([CH3])([CH3])[CH3])cc4ccc32)c1.[Ir]. The normalized spacial score (nSPS) is 11.8. The number of rotatable bonds is 5. The Morgan fingerprint density at radius 1 is 0.556 bits per heavy atom. The Labute approximate surface area is 334 Å². The maximum atomic E-state index is 6.52. The minimum Gasteiger partial charge on any atom is 0 e. The fourth-order valence-electron chi connectivity index (χ4n) is 7.17. The van der Waals surface area contributed by atoms with Gasteiger partial charge in [-0.1, -0.05) is 86.5 Å². The minimum atomic E-state index is -1.88. The summed E-state index contributed by atoms with van der Waals surface area (Å²) in [6.45, 7) is 8.81. The van der Waals surface area contributed by atoms with Crippen molar-refractivity contribution in [2.45, 2.75) is 56.8 Å². The van der Waals surface area contributed by atoms with Gasteiger partial charge in [0, 0.05) is 26.3 Å². The maximum Gasteiger partial charge on any atom is 0 e. The summed E-state index contributed by atoms with van der Waals surface area (Å²) >= 11 is -1.88. The van der Waals surface area contributed by atoms with Gasteiger partial charge in [0.15, 0.2) is 0 Å². The largest absolute Gasteiger partial charge is 0 e. The van der Waals surface area contributed by atoms with Crippen molar-refractivity contribution in [3.8, 4) is 22.5 Å². The molecular formula is C49H44GeIrN2O-2. The number of fused-ring (bicyclic) bond motifs is 8. The van der Waals surface area contributed by atoms with Gasteiger partial charge in [0.1, 0.15) is 0 Å². The molecule has 0 bridgehead atoms. The zero-order valence-electron chi connectivity index (χ0n) is 31.9. The first kappa shape index (κ1) is 37.7. The molecule has 0 atom stereocenters. The van der Waals surface area contributed by atoms with Gasteiger partial charge in [0.25, 0.3) is 0 Å². The Morgan fingerprint density at radius 3 is 1.93 bits per heavy atom. The maximum absolute atomic E-state index is 6.52. The molecule has 3 nitrogen and oxygen atoms in total. The number of benzene rings is 6. The van der Waals surface area contributed by atoms with E-state index in [1.54, 1.807) is 0 Å². The van der Waals surface area contributed by atoms with E-state index in [1.165, 1.54) is 47.8 Å². The molecule has 6 aromatic carbocycles. The standard InChI is InChI=1S/C27H26GeNO.C22H18N.Ir/c1-17(2)18-13-14-29-25(16-18)24-8-6-7-22-23-11-9-19-15-20(28(3,4)5)10-12-21(19)26(23)30-27(22)24;1-15(2)17-11-12-23-22(14-17)19-9-10-21-18(13-19)8-7-16-5-3-4-6-20(16)21;/h6-7,9-17H,1-5H3;3-8,10-15H,1-2H3;/q2*-1;. The van der Waals surface area contributed by atoms with Crippen molar-refractivity contribution in [3.05, 3.63) is 151 Å². The molecule has 0 spiro atoms. The molecule has 9 aromatic rings. The first-order valence-corrected chi connectivity index (χ1v) is 26.0. The van der Waals surface area contributed by atoms with E-state index in [1.807, 2.05) is 18.5 Å². The van der Waals surface area contributed by atoms with E-state index in [2.05, 4.69) is 176 Å². The molecular weight excluding hydrogens is 897 g/mol. The number of pyridine rings is 2. The van der Waals surface area contributed by atoms with Gasteiger partial charge < -0.3 is 4.98 Å². The van der Waals surface area contributed by atoms with Crippen molar-refractivity contribution in [3.63, 3.8) is 0 Å². The number of hydrogen-bond acceptors (Lipinski definition) is 3. The quantitative estimate of drug-likeness (QED) is 0.0980. The van der Waals surface area contributed by atoms with E-state index < -0.39 is 13.3 Å². The zero-order valence-corrected chi connectivity index (χ0v) is 36.4. The molecule has 3 heterocycles. The number of aromatic nitrogens is 2. The average Bonchev–Trinajstić information content (AvgIpc) is 3.57. The summed E-state index contributed by atoms with van der Waals surface area (Å²) in [5.74, 6) is 8.25. The van der Waals surface area contributed by atoms with Gasteiger partial charge in [-0.2, -0.15) is 0 Å². The van der Waals surface area contributed by atoms with Crippen LogP contribution in [0.4, 0.5) is 0 Å². The van der Waals surface area contributed by atoms with Crippen LogP contribution in [-0.2, 0) is 20.1 Å². The molecule has 271 valence electrons. The number of hydrogen-bond donors (Lipinski definition) is 0. The van der Waals surface area contributed by atoms with Crippen LogP contribution in [0.15, 0.2) is 132 Å². The van der Waals surface area contributed by atoms with Crippen LogP contribution in [-0.4, -0.2) is 23.2 Å². The molecule has 0 unspecified atom stereocenters. The summed E-state index contributed by atoms with van der Waals surface area (Å²) in [6, 6.07) is 47.8. The van der Waals surface area contributed by atoms with E-state index in [4.69, 9.17) is 4.42 Å². The molecule has 0 aliphatic carbocycles. The average molecular weight is 942 g/mol. The Kier molecular flexibility index (Phi) is 10.7. The van der Waals surface area contributed by atoms with Crippen LogP contribution in [0.2, 0.25) is 17.3 Å². The van der Waals surface area contributed by atoms with E-state index in [0.29, 0.717) is 11.8 Å². The van der Waals surface area contributed by atoms with Gasteiger partial charge in [-0.25, -0.2) is 0 Å². The predicted molar refractivity (Wildman–Crippen MR) is 228 cm³/mol. The van der Waals surface area contributed by atoms with Crippen LogP contribution < -0.4 is 4.40 Å². The molecule has 3 aromatic heterocycles. The van der Waals surface area contributed by atoms with Gasteiger partial charge in [0.05, 0.1) is 0 Å². The van der Waals surface area contributed by atoms with E-state index in [0.717, 1.165) is 44.5 Å². The van der Waals surface area contributed by atoms with Crippen LogP contribution in [0, 0.1) is 12.1 Å². The van der Waals surface area contributed by atoms with Crippen molar-refractivity contribution in [1.29, 1.82) is 0 Å². The third-order valence-corrected chi connectivity index (χ3v) is 14.7. The molecule has 0 aliphatic rings. The molecule has 0 N–H and O–H groups in total. The van der Waals surface area contributed by atoms with Gasteiger partial charge >= 0.3 is 167 Å². The van der Waals surface area contributed by atoms with Crippen LogP contribution in [0.3, 0.4) is 0 Å². The van der Waals surface area contributed by atoms with E-state index in [9.17, 15) is 0 Å². The van der Waals surface area contributed by atoms with Crippen molar-refractivity contribution in [2.24, 2.45) is 0 Å². The summed E-state index contributed by atoms with van der Waals surface area (Å²) in [5, 5.41) is 9.71. The van der Waals surface area contributed by atoms with Crippen molar-refractivity contribution in [2.75, 3.05) is 0 Å². The van der Waals surface area contributed by atoms with Crippen LogP contribution >= 0.6 is 0 Å². The summed E-state index contributed by atoms with van der Waals surface area (Å²) in [6.07, 6.45) is 3.78. The van der Waals surface area contributed by atoms with Crippen molar-refractivity contribution < 1.29 is 24.5 Å². The molecule has 0 fully saturated rings. The first-order chi connectivity index (χ1) is 25.5. The number of nitrogens with zero attached hydrogens (tertiary/aromatic N) is 2. The van der Waals surface area contributed by atoms with Crippen LogP contribution in [0.1, 0.15) is 50.7 Å². The van der Waals surface area contributed by atoms with Gasteiger partial charge in [-0.05, 0) is 23.1 Å². The van der Waals surface area contributed by atoms with E-state index >= 15 is 0 Å². The predicted octanol–water partition coefficient (Wildman–Crippen LogP) is 13.2. The molecule has 1 radical (unpaired) electrons. The summed E-state index contributed by atoms with van der Waals surface area (Å²) in [5.41, 5.74) is 8.29. The fraction of sp³-hybridized carbons (Fsp3) is 0.184. The molecule has 5 heteroatoms. The second-order valence-corrected chi connectivity index (χ2v) is 26.4. The van der Waals surface area contributed by atoms with E-state index in [-0.39, 0.29) is 20.1 Å². The Balaban J connectivity index is 0.000000169. The van der Waals surface area contributed by atoms with Crippen LogP contribution in [0.5, 0.6) is 0 Å². The molecule has 0 amide bonds. The monoisotopic (exact) mass is 943 g/mol. The molecule has 0 saturated carbocycles. The second-order valence-electron chi connectivity index (χ2n) is 15.7. The minimum absolute atomic E-state index is 0. The Bertz CT molecular complexity index is 2790. The third-order valence-electron chi connectivity index (χ3n) is 10.4. The zero-order chi connectivity index (χ0) is 36.9. The van der Waals surface area contributed by atoms with Crippen LogP contribution in [0.25, 0.3) is 76.8 Å². The molecule has 9 rings (SSSR count). The Hall–Kier alpha value is -4.61. The summed E-state index contributed by atoms with van der Waals surface area (Å²) in [7, 11) is 0. The van der Waals surface area contributed by atoms with Crippen molar-refractivity contribution >= 4 is 71.9 Å². The summed E-state index contributed by atoms with van der Waals surface area (Å²) < 4.78 is 8.04. The summed E-state index contributed by atoms with van der Waals surface area (Å²) in [4.78, 5) is 9.16. The Morgan fingerprint density at radius 2 is 1.19 bits per heavy atom. The van der Waals surface area contributed by atoms with Crippen molar-refractivity contribution in [1.82, 2.24) is 9.97 Å².